The van der Waals surface area contributed by atoms with Gasteiger partial charge in [-0.05, 0) is 44.0 Å². The van der Waals surface area contributed by atoms with Gasteiger partial charge in [0.1, 0.15) is 17.5 Å². The van der Waals surface area contributed by atoms with Crippen molar-refractivity contribution in [2.75, 3.05) is 22.9 Å². The van der Waals surface area contributed by atoms with E-state index < -0.39 is 35.3 Å². The van der Waals surface area contributed by atoms with Crippen LogP contribution in [0.3, 0.4) is 0 Å². The van der Waals surface area contributed by atoms with Crippen LogP contribution in [-0.4, -0.2) is 56.8 Å². The molecule has 2 saturated heterocycles. The Kier molecular flexibility index (Phi) is 7.01. The second-order valence-corrected chi connectivity index (χ2v) is 12.0. The summed E-state index contributed by atoms with van der Waals surface area (Å²) in [4.78, 5) is 29.8. The van der Waals surface area contributed by atoms with Crippen molar-refractivity contribution in [3.8, 4) is 0 Å². The summed E-state index contributed by atoms with van der Waals surface area (Å²) < 4.78 is 24.4. The molecule has 0 saturated carbocycles. The van der Waals surface area contributed by atoms with Crippen molar-refractivity contribution >= 4 is 23.2 Å². The third-order valence-corrected chi connectivity index (χ3v) is 9.01. The highest BCUT2D eigenvalue weighted by atomic mass is 19.1. The Bertz CT molecular complexity index is 1520. The van der Waals surface area contributed by atoms with Gasteiger partial charge in [-0.2, -0.15) is 0 Å². The zero-order valence-electron chi connectivity index (χ0n) is 24.1. The fraction of sp³-hybridized carbons (Fsp3) is 0.438. The lowest BCUT2D eigenvalue weighted by molar-refractivity contribution is -0.146. The molecule has 1 spiro atoms. The van der Waals surface area contributed by atoms with E-state index in [0.29, 0.717) is 54.1 Å². The van der Waals surface area contributed by atoms with E-state index in [1.165, 1.54) is 13.8 Å². The quantitative estimate of drug-likeness (QED) is 0.303. The fourth-order valence-corrected chi connectivity index (χ4v) is 6.98. The van der Waals surface area contributed by atoms with E-state index >= 15 is 4.39 Å². The largest absolute Gasteiger partial charge is 0.382 e. The number of anilines is 2. The van der Waals surface area contributed by atoms with Gasteiger partial charge in [-0.25, -0.2) is 4.39 Å². The molecule has 4 heterocycles. The Morgan fingerprint density at radius 2 is 2.00 bits per heavy atom. The van der Waals surface area contributed by atoms with Gasteiger partial charge >= 0.3 is 0 Å². The molecule has 3 aliphatic heterocycles. The highest BCUT2D eigenvalue weighted by Gasteiger charge is 2.66. The number of benzene rings is 2. The molecule has 1 N–H and O–H groups in total. The summed E-state index contributed by atoms with van der Waals surface area (Å²) >= 11 is 0. The number of alkyl halides is 1. The molecule has 3 aliphatic rings. The number of rotatable bonds is 9. The molecule has 0 radical (unpaired) electrons. The average Bonchev–Trinajstić information content (AvgIpc) is 3.62. The zero-order chi connectivity index (χ0) is 29.8. The predicted molar refractivity (Wildman–Crippen MR) is 155 cm³/mol. The molecule has 0 bridgehead atoms. The molecule has 0 unspecified atom stereocenters. The van der Waals surface area contributed by atoms with Crippen LogP contribution in [0.25, 0.3) is 0 Å². The first kappa shape index (κ1) is 28.2. The average molecular weight is 574 g/mol. The number of aliphatic hydroxyl groups excluding tert-OH is 1. The van der Waals surface area contributed by atoms with E-state index in [0.717, 1.165) is 0 Å². The molecule has 2 amide bonds. The molecule has 3 aromatic rings. The number of hydrogen-bond acceptors (Lipinski definition) is 6. The van der Waals surface area contributed by atoms with Crippen LogP contribution in [0.5, 0.6) is 0 Å². The third kappa shape index (κ3) is 4.44. The molecule has 5 atom stereocenters. The van der Waals surface area contributed by atoms with Crippen molar-refractivity contribution in [1.82, 2.24) is 15.0 Å². The Balaban J connectivity index is 1.31. The van der Waals surface area contributed by atoms with Gasteiger partial charge in [-0.1, -0.05) is 48.5 Å². The molecule has 9 nitrogen and oxygen atoms in total. The topological polar surface area (TPSA) is 101 Å². The third-order valence-electron chi connectivity index (χ3n) is 9.01. The zero-order valence-corrected chi connectivity index (χ0v) is 24.1. The van der Waals surface area contributed by atoms with Gasteiger partial charge in [-0.15, -0.1) is 11.7 Å². The number of ether oxygens (including phenoxy) is 1. The number of halogens is 1. The van der Waals surface area contributed by atoms with E-state index in [4.69, 9.17) is 4.74 Å². The van der Waals surface area contributed by atoms with Crippen LogP contribution in [0.1, 0.15) is 56.5 Å². The van der Waals surface area contributed by atoms with Crippen molar-refractivity contribution in [3.05, 3.63) is 84.2 Å². The fourth-order valence-electron chi connectivity index (χ4n) is 6.98. The van der Waals surface area contributed by atoms with Crippen molar-refractivity contribution < 1.29 is 23.8 Å². The number of carbonyl (C=O) groups is 2. The maximum absolute atomic E-state index is 16.0. The van der Waals surface area contributed by atoms with Gasteiger partial charge in [-0.3, -0.25) is 14.3 Å². The summed E-state index contributed by atoms with van der Waals surface area (Å²) in [5.74, 6) is -1.33. The first-order valence-corrected chi connectivity index (χ1v) is 14.4. The van der Waals surface area contributed by atoms with Gasteiger partial charge in [0, 0.05) is 49.1 Å². The van der Waals surface area contributed by atoms with E-state index in [1.54, 1.807) is 26.8 Å². The molecule has 0 aliphatic carbocycles. The van der Waals surface area contributed by atoms with Gasteiger partial charge in [0.2, 0.25) is 5.91 Å². The summed E-state index contributed by atoms with van der Waals surface area (Å²) in [6.07, 6.45) is 2.68. The Morgan fingerprint density at radius 3 is 2.64 bits per heavy atom. The normalized spacial score (nSPS) is 26.1. The maximum atomic E-state index is 16.0. The summed E-state index contributed by atoms with van der Waals surface area (Å²) in [6.45, 7) is 10.0. The van der Waals surface area contributed by atoms with Gasteiger partial charge in [0.15, 0.2) is 5.60 Å². The molecule has 1 aromatic heterocycles. The maximum Gasteiger partial charge on any atom is 0.264 e. The molecule has 2 fully saturated rings. The first-order valence-electron chi connectivity index (χ1n) is 14.4. The summed E-state index contributed by atoms with van der Waals surface area (Å²) in [5.41, 5.74) is 0.120. The Morgan fingerprint density at radius 1 is 1.24 bits per heavy atom. The van der Waals surface area contributed by atoms with Crippen LogP contribution >= 0.6 is 0 Å². The van der Waals surface area contributed by atoms with Crippen molar-refractivity contribution in [3.63, 3.8) is 0 Å². The van der Waals surface area contributed by atoms with E-state index in [9.17, 15) is 14.7 Å². The lowest BCUT2D eigenvalue weighted by atomic mass is 9.71. The minimum absolute atomic E-state index is 0.0295. The SMILES string of the molecule is C=CCN1C(=O)[C@]2(O[C@H](CCn3cc([C@H](O)c4ccccc4)nn3)[C@@H](C(C)(C)F)[C@@H]2C)c2cc(N3CCC3=O)ccc21. The number of β-lactam (4-membered cyclic amide) rings is 1. The van der Waals surface area contributed by atoms with Crippen LogP contribution < -0.4 is 9.80 Å². The highest BCUT2D eigenvalue weighted by molar-refractivity contribution is 6.09. The molecule has 10 heteroatoms. The molecule has 6 rings (SSSR count). The van der Waals surface area contributed by atoms with Gasteiger partial charge in [0.25, 0.3) is 5.91 Å². The van der Waals surface area contributed by atoms with Gasteiger partial charge in [0.05, 0.1) is 18.0 Å². The van der Waals surface area contributed by atoms with Crippen molar-refractivity contribution in [2.24, 2.45) is 11.8 Å². The van der Waals surface area contributed by atoms with Crippen LogP contribution in [0.4, 0.5) is 15.8 Å². The molecular formula is C32H36FN5O4. The van der Waals surface area contributed by atoms with Crippen LogP contribution in [0, 0.1) is 11.8 Å². The van der Waals surface area contributed by atoms with Crippen molar-refractivity contribution in [1.29, 1.82) is 0 Å². The lowest BCUT2D eigenvalue weighted by Gasteiger charge is -2.33. The van der Waals surface area contributed by atoms with Gasteiger partial charge < -0.3 is 19.6 Å². The number of amides is 2. The van der Waals surface area contributed by atoms with E-state index in [2.05, 4.69) is 16.9 Å². The second-order valence-electron chi connectivity index (χ2n) is 12.0. The smallest absolute Gasteiger partial charge is 0.264 e. The molecule has 220 valence electrons. The van der Waals surface area contributed by atoms with Crippen LogP contribution in [-0.2, 0) is 26.5 Å². The minimum Gasteiger partial charge on any atom is -0.382 e. The summed E-state index contributed by atoms with van der Waals surface area (Å²) in [7, 11) is 0. The van der Waals surface area contributed by atoms with Crippen molar-refractivity contribution in [2.45, 2.75) is 63.6 Å². The lowest BCUT2D eigenvalue weighted by Crippen LogP contribution is -2.46. The van der Waals surface area contributed by atoms with E-state index in [1.807, 2.05) is 55.5 Å². The van der Waals surface area contributed by atoms with E-state index in [-0.39, 0.29) is 18.4 Å². The van der Waals surface area contributed by atoms with Crippen LogP contribution in [0.15, 0.2) is 67.4 Å². The number of carbonyl (C=O) groups excluding carboxylic acids is 2. The molecule has 2 aromatic carbocycles. The van der Waals surface area contributed by atoms with Crippen LogP contribution in [0.2, 0.25) is 0 Å². The number of hydrogen-bond donors (Lipinski definition) is 1. The molecule has 42 heavy (non-hydrogen) atoms. The second kappa shape index (κ2) is 10.4. The first-order chi connectivity index (χ1) is 20.1. The monoisotopic (exact) mass is 573 g/mol. The molecular weight excluding hydrogens is 537 g/mol. The standard InChI is InChI=1S/C32H36FN5O4/c1-5-15-38-25-12-11-22(37-17-14-27(37)39)18-23(25)32(30(38)41)20(2)28(31(3,4)33)26(42-32)13-16-36-19-24(34-35-36)29(40)21-9-7-6-8-10-21/h5-12,18-20,26,28-29,40H,1,13-17H2,2-4H3/t20-,26+,28-,29+,32+/m0/s1. The highest BCUT2D eigenvalue weighted by Crippen LogP contribution is 2.58. The number of aryl methyl sites for hydroxylation is 1. The summed E-state index contributed by atoms with van der Waals surface area (Å²) in [5, 5.41) is 19.1. The number of aliphatic hydroxyl groups is 1. The number of aromatic nitrogens is 3. The predicted octanol–water partition coefficient (Wildman–Crippen LogP) is 4.31. The Labute approximate surface area is 244 Å². The summed E-state index contributed by atoms with van der Waals surface area (Å²) in [6, 6.07) is 14.8. The number of nitrogens with zero attached hydrogens (tertiary/aromatic N) is 5. The minimum atomic E-state index is -1.65. The number of fused-ring (bicyclic) bond motifs is 2. The Hall–Kier alpha value is -3.89.